The lowest BCUT2D eigenvalue weighted by atomic mass is 10.1. The second-order valence-corrected chi connectivity index (χ2v) is 11.3. The molecule has 4 aromatic carbocycles. The first-order valence-corrected chi connectivity index (χ1v) is 13.9. The molecule has 0 N–H and O–H groups in total. The van der Waals surface area contributed by atoms with Crippen LogP contribution in [-0.2, 0) is 20.2 Å². The van der Waals surface area contributed by atoms with Gasteiger partial charge < -0.3 is 17.8 Å². The van der Waals surface area contributed by atoms with Crippen molar-refractivity contribution in [3.8, 4) is 34.1 Å². The predicted molar refractivity (Wildman–Crippen MR) is 137 cm³/mol. The van der Waals surface area contributed by atoms with Crippen molar-refractivity contribution in [1.82, 2.24) is 0 Å². The standard InChI is InChI=1S/C27H20O9S2/c1-33-17-5-3-7-19(13-17)35-37(29,30)21-9-11-23-24-12-10-22(16-26(24)27(28)25(23)15-21)38(31,32)36-20-8-4-6-18(14-20)34-2/h3-16H,1-2H3. The van der Waals surface area contributed by atoms with Crippen LogP contribution in [0.1, 0.15) is 15.9 Å². The summed E-state index contributed by atoms with van der Waals surface area (Å²) in [6.45, 7) is 0. The van der Waals surface area contributed by atoms with Crippen molar-refractivity contribution in [1.29, 1.82) is 0 Å². The molecule has 0 saturated heterocycles. The van der Waals surface area contributed by atoms with Crippen LogP contribution < -0.4 is 17.8 Å². The second-order valence-electron chi connectivity index (χ2n) is 8.18. The molecule has 194 valence electrons. The molecule has 38 heavy (non-hydrogen) atoms. The zero-order valence-electron chi connectivity index (χ0n) is 20.1. The predicted octanol–water partition coefficient (Wildman–Crippen LogP) is 4.45. The number of methoxy groups -OCH3 is 2. The molecule has 0 saturated carbocycles. The Labute approximate surface area is 219 Å². The number of carbonyl (C=O) groups is 1. The van der Waals surface area contributed by atoms with Crippen LogP contribution in [0.2, 0.25) is 0 Å². The first-order valence-electron chi connectivity index (χ1n) is 11.1. The largest absolute Gasteiger partial charge is 0.497 e. The van der Waals surface area contributed by atoms with Crippen LogP contribution in [0, 0.1) is 0 Å². The van der Waals surface area contributed by atoms with Crippen LogP contribution in [0.3, 0.4) is 0 Å². The van der Waals surface area contributed by atoms with E-state index in [0.717, 1.165) is 0 Å². The number of carbonyl (C=O) groups excluding carboxylic acids is 1. The number of ether oxygens (including phenoxy) is 2. The van der Waals surface area contributed by atoms with E-state index < -0.39 is 26.0 Å². The minimum atomic E-state index is -4.28. The molecule has 0 bridgehead atoms. The maximum absolute atomic E-state index is 13.2. The van der Waals surface area contributed by atoms with Crippen molar-refractivity contribution in [2.75, 3.05) is 14.2 Å². The van der Waals surface area contributed by atoms with Gasteiger partial charge in [0.2, 0.25) is 0 Å². The summed E-state index contributed by atoms with van der Waals surface area (Å²) in [5.41, 5.74) is 1.17. The first kappa shape index (κ1) is 25.3. The van der Waals surface area contributed by atoms with Crippen LogP contribution in [0.15, 0.2) is 94.7 Å². The third-order valence-corrected chi connectivity index (χ3v) is 8.32. The van der Waals surface area contributed by atoms with E-state index in [0.29, 0.717) is 22.6 Å². The summed E-state index contributed by atoms with van der Waals surface area (Å²) >= 11 is 0. The summed E-state index contributed by atoms with van der Waals surface area (Å²) in [6, 6.07) is 20.3. The molecule has 0 unspecified atom stereocenters. The highest BCUT2D eigenvalue weighted by atomic mass is 32.2. The van der Waals surface area contributed by atoms with E-state index in [1.54, 1.807) is 24.3 Å². The first-order chi connectivity index (χ1) is 18.1. The number of hydrogen-bond acceptors (Lipinski definition) is 9. The van der Waals surface area contributed by atoms with Crippen LogP contribution in [-0.4, -0.2) is 36.8 Å². The summed E-state index contributed by atoms with van der Waals surface area (Å²) in [4.78, 5) is 12.8. The molecule has 0 amide bonds. The highest BCUT2D eigenvalue weighted by molar-refractivity contribution is 7.87. The van der Waals surface area contributed by atoms with Crippen LogP contribution >= 0.6 is 0 Å². The SMILES string of the molecule is COc1cccc(OS(=O)(=O)c2ccc3c(c2)C(=O)c2cc(S(=O)(=O)Oc4cccc(OC)c4)ccc2-3)c1. The number of fused-ring (bicyclic) bond motifs is 3. The van der Waals surface area contributed by atoms with E-state index in [4.69, 9.17) is 17.8 Å². The van der Waals surface area contributed by atoms with Crippen molar-refractivity contribution in [2.45, 2.75) is 9.79 Å². The molecule has 0 atom stereocenters. The Morgan fingerprint density at radius 2 is 0.895 bits per heavy atom. The van der Waals surface area contributed by atoms with Crippen LogP contribution in [0.4, 0.5) is 0 Å². The molecule has 9 nitrogen and oxygen atoms in total. The molecule has 0 heterocycles. The van der Waals surface area contributed by atoms with Crippen molar-refractivity contribution >= 4 is 26.0 Å². The maximum Gasteiger partial charge on any atom is 0.339 e. The van der Waals surface area contributed by atoms with Gasteiger partial charge in [0.05, 0.1) is 14.2 Å². The Morgan fingerprint density at radius 3 is 1.29 bits per heavy atom. The molecule has 11 heteroatoms. The van der Waals surface area contributed by atoms with Gasteiger partial charge in [0.15, 0.2) is 5.78 Å². The summed E-state index contributed by atoms with van der Waals surface area (Å²) in [6.07, 6.45) is 0. The molecule has 0 spiro atoms. The molecule has 0 aliphatic heterocycles. The average Bonchev–Trinajstić information content (AvgIpc) is 3.19. The fourth-order valence-corrected chi connectivity index (χ4v) is 5.90. The Balaban J connectivity index is 1.44. The average molecular weight is 553 g/mol. The van der Waals surface area contributed by atoms with Crippen molar-refractivity contribution in [3.05, 3.63) is 96.1 Å². The minimum Gasteiger partial charge on any atom is -0.497 e. The molecule has 1 aliphatic rings. The molecule has 4 aromatic rings. The Bertz CT molecular complexity index is 1660. The molecule has 0 aromatic heterocycles. The normalized spacial score (nSPS) is 12.4. The van der Waals surface area contributed by atoms with Gasteiger partial charge in [-0.2, -0.15) is 16.8 Å². The Hall–Kier alpha value is -4.35. The van der Waals surface area contributed by atoms with Gasteiger partial charge >= 0.3 is 20.2 Å². The zero-order chi connectivity index (χ0) is 27.1. The molecule has 5 rings (SSSR count). The van der Waals surface area contributed by atoms with Crippen molar-refractivity contribution in [3.63, 3.8) is 0 Å². The van der Waals surface area contributed by atoms with Crippen LogP contribution in [0.25, 0.3) is 11.1 Å². The summed E-state index contributed by atoms with van der Waals surface area (Å²) < 4.78 is 72.2. The number of ketones is 1. The highest BCUT2D eigenvalue weighted by Gasteiger charge is 2.31. The van der Waals surface area contributed by atoms with Crippen molar-refractivity contribution in [2.24, 2.45) is 0 Å². The third-order valence-electron chi connectivity index (χ3n) is 5.83. The molecule has 0 fully saturated rings. The number of rotatable bonds is 8. The van der Waals surface area contributed by atoms with E-state index in [9.17, 15) is 21.6 Å². The Kier molecular flexibility index (Phi) is 6.33. The maximum atomic E-state index is 13.2. The lowest BCUT2D eigenvalue weighted by Crippen LogP contribution is -2.11. The van der Waals surface area contributed by atoms with Gasteiger partial charge in [-0.3, -0.25) is 4.79 Å². The number of hydrogen-bond donors (Lipinski definition) is 0. The topological polar surface area (TPSA) is 122 Å². The summed E-state index contributed by atoms with van der Waals surface area (Å²) in [5.74, 6) is 0.402. The quantitative estimate of drug-likeness (QED) is 0.257. The molecular weight excluding hydrogens is 532 g/mol. The monoisotopic (exact) mass is 552 g/mol. The smallest absolute Gasteiger partial charge is 0.339 e. The van der Waals surface area contributed by atoms with Gasteiger partial charge in [-0.1, -0.05) is 24.3 Å². The second kappa shape index (κ2) is 9.51. The summed E-state index contributed by atoms with van der Waals surface area (Å²) in [7, 11) is -5.67. The van der Waals surface area contributed by atoms with E-state index >= 15 is 0 Å². The van der Waals surface area contributed by atoms with E-state index in [1.165, 1.54) is 74.9 Å². The lowest BCUT2D eigenvalue weighted by Gasteiger charge is -2.10. The van der Waals surface area contributed by atoms with E-state index in [2.05, 4.69) is 0 Å². The van der Waals surface area contributed by atoms with Gasteiger partial charge in [-0.05, 0) is 59.7 Å². The zero-order valence-corrected chi connectivity index (χ0v) is 21.7. The molecule has 1 aliphatic carbocycles. The van der Waals surface area contributed by atoms with Gasteiger partial charge in [0, 0.05) is 23.3 Å². The molecular formula is C27H20O9S2. The van der Waals surface area contributed by atoms with Gasteiger partial charge in [0.1, 0.15) is 32.8 Å². The molecule has 0 radical (unpaired) electrons. The van der Waals surface area contributed by atoms with Gasteiger partial charge in [-0.15, -0.1) is 0 Å². The number of benzene rings is 4. The minimum absolute atomic E-state index is 0.0466. The fourth-order valence-electron chi connectivity index (χ4n) is 4.00. The van der Waals surface area contributed by atoms with Gasteiger partial charge in [-0.25, -0.2) is 0 Å². The van der Waals surface area contributed by atoms with E-state index in [1.807, 2.05) is 0 Å². The van der Waals surface area contributed by atoms with Crippen LogP contribution in [0.5, 0.6) is 23.0 Å². The Morgan fingerprint density at radius 1 is 0.500 bits per heavy atom. The highest BCUT2D eigenvalue weighted by Crippen LogP contribution is 2.39. The third kappa shape index (κ3) is 4.69. The van der Waals surface area contributed by atoms with Crippen molar-refractivity contribution < 1.29 is 39.5 Å². The fraction of sp³-hybridized carbons (Fsp3) is 0.0741. The van der Waals surface area contributed by atoms with Gasteiger partial charge in [0.25, 0.3) is 0 Å². The lowest BCUT2D eigenvalue weighted by molar-refractivity contribution is 0.104. The summed E-state index contributed by atoms with van der Waals surface area (Å²) in [5, 5.41) is 0. The van der Waals surface area contributed by atoms with E-state index in [-0.39, 0.29) is 32.4 Å².